The summed E-state index contributed by atoms with van der Waals surface area (Å²) in [7, 11) is 0. The minimum Gasteiger partial charge on any atom is -0.352 e. The van der Waals surface area contributed by atoms with Crippen LogP contribution in [0.3, 0.4) is 0 Å². The Labute approximate surface area is 118 Å². The number of nitrogens with one attached hydrogen (secondary N) is 1. The zero-order valence-electron chi connectivity index (χ0n) is 11.2. The van der Waals surface area contributed by atoms with Gasteiger partial charge in [0.05, 0.1) is 0 Å². The number of rotatable bonds is 5. The maximum atomic E-state index is 11.7. The standard InChI is InChI=1S/C13H20N4OS/c1-19-9-5-12(18)16-11-4-2-8-17(10-11)13-14-6-3-7-15-13/h3,6-7,11H,2,4-5,8-10H2,1H3,(H,16,18)/t11-/m0/s1. The number of hydrogen-bond acceptors (Lipinski definition) is 5. The molecule has 0 saturated carbocycles. The van der Waals surface area contributed by atoms with E-state index in [0.29, 0.717) is 6.42 Å². The molecule has 1 fully saturated rings. The van der Waals surface area contributed by atoms with E-state index in [-0.39, 0.29) is 11.9 Å². The number of carbonyl (C=O) groups excluding carboxylic acids is 1. The first-order valence-electron chi connectivity index (χ1n) is 6.60. The maximum absolute atomic E-state index is 11.7. The molecule has 1 N–H and O–H groups in total. The van der Waals surface area contributed by atoms with E-state index in [1.165, 1.54) is 0 Å². The summed E-state index contributed by atoms with van der Waals surface area (Å²) in [5, 5.41) is 3.10. The van der Waals surface area contributed by atoms with Gasteiger partial charge in [-0.3, -0.25) is 4.79 Å². The van der Waals surface area contributed by atoms with E-state index >= 15 is 0 Å². The lowest BCUT2D eigenvalue weighted by Gasteiger charge is -2.33. The van der Waals surface area contributed by atoms with Gasteiger partial charge in [0.2, 0.25) is 11.9 Å². The third-order valence-corrected chi connectivity index (χ3v) is 3.77. The van der Waals surface area contributed by atoms with E-state index in [2.05, 4.69) is 20.2 Å². The smallest absolute Gasteiger partial charge is 0.225 e. The number of piperidine rings is 1. The molecule has 2 rings (SSSR count). The molecule has 0 aromatic carbocycles. The molecule has 1 aliphatic heterocycles. The van der Waals surface area contributed by atoms with Gasteiger partial charge in [-0.1, -0.05) is 0 Å². The summed E-state index contributed by atoms with van der Waals surface area (Å²) < 4.78 is 0. The summed E-state index contributed by atoms with van der Waals surface area (Å²) in [5.41, 5.74) is 0. The Morgan fingerprint density at radius 3 is 3.05 bits per heavy atom. The maximum Gasteiger partial charge on any atom is 0.225 e. The van der Waals surface area contributed by atoms with Gasteiger partial charge in [0.25, 0.3) is 0 Å². The van der Waals surface area contributed by atoms with Crippen LogP contribution in [0.2, 0.25) is 0 Å². The average Bonchev–Trinajstić information content (AvgIpc) is 2.46. The summed E-state index contributed by atoms with van der Waals surface area (Å²) >= 11 is 1.70. The van der Waals surface area contributed by atoms with Crippen LogP contribution in [0, 0.1) is 0 Å². The van der Waals surface area contributed by atoms with Crippen molar-refractivity contribution in [1.82, 2.24) is 15.3 Å². The van der Waals surface area contributed by atoms with Gasteiger partial charge in [-0.25, -0.2) is 9.97 Å². The quantitative estimate of drug-likeness (QED) is 0.881. The molecule has 6 heteroatoms. The van der Waals surface area contributed by atoms with Crippen LogP contribution in [0.4, 0.5) is 5.95 Å². The third kappa shape index (κ3) is 4.38. The molecule has 0 spiro atoms. The SMILES string of the molecule is CSCCC(=O)N[C@H]1CCCN(c2ncccn2)C1. The molecule has 5 nitrogen and oxygen atoms in total. The van der Waals surface area contributed by atoms with Crippen molar-refractivity contribution in [1.29, 1.82) is 0 Å². The van der Waals surface area contributed by atoms with Gasteiger partial charge in [0.15, 0.2) is 0 Å². The lowest BCUT2D eigenvalue weighted by atomic mass is 10.1. The van der Waals surface area contributed by atoms with Gasteiger partial charge in [0.1, 0.15) is 0 Å². The highest BCUT2D eigenvalue weighted by Crippen LogP contribution is 2.15. The van der Waals surface area contributed by atoms with E-state index in [9.17, 15) is 4.79 Å². The second-order valence-electron chi connectivity index (χ2n) is 4.64. The lowest BCUT2D eigenvalue weighted by Crippen LogP contribution is -2.48. The van der Waals surface area contributed by atoms with Crippen LogP contribution in [0.5, 0.6) is 0 Å². The number of amides is 1. The summed E-state index contributed by atoms with van der Waals surface area (Å²) in [6, 6.07) is 2.03. The van der Waals surface area contributed by atoms with Crippen molar-refractivity contribution in [3.63, 3.8) is 0 Å². The highest BCUT2D eigenvalue weighted by molar-refractivity contribution is 7.98. The minimum atomic E-state index is 0.148. The first-order chi connectivity index (χ1) is 9.29. The Balaban J connectivity index is 1.85. The summed E-state index contributed by atoms with van der Waals surface area (Å²) in [5.74, 6) is 1.78. The molecule has 1 atom stereocenters. The summed E-state index contributed by atoms with van der Waals surface area (Å²) in [6.07, 6.45) is 8.22. The van der Waals surface area contributed by atoms with Crippen molar-refractivity contribution >= 4 is 23.6 Å². The first-order valence-corrected chi connectivity index (χ1v) is 7.99. The first kappa shape index (κ1) is 14.1. The lowest BCUT2D eigenvalue weighted by molar-refractivity contribution is -0.121. The number of aromatic nitrogens is 2. The number of nitrogens with zero attached hydrogens (tertiary/aromatic N) is 3. The highest BCUT2D eigenvalue weighted by Gasteiger charge is 2.22. The second kappa shape index (κ2) is 7.33. The molecule has 2 heterocycles. The van der Waals surface area contributed by atoms with E-state index in [1.54, 1.807) is 24.2 Å². The minimum absolute atomic E-state index is 0.148. The van der Waals surface area contributed by atoms with E-state index in [0.717, 1.165) is 37.6 Å². The molecule has 0 bridgehead atoms. The van der Waals surface area contributed by atoms with Crippen LogP contribution in [-0.2, 0) is 4.79 Å². The van der Waals surface area contributed by atoms with Gasteiger partial charge in [-0.2, -0.15) is 11.8 Å². The molecular formula is C13H20N4OS. The van der Waals surface area contributed by atoms with Crippen molar-refractivity contribution in [2.45, 2.75) is 25.3 Å². The van der Waals surface area contributed by atoms with Crippen LogP contribution in [0.1, 0.15) is 19.3 Å². The molecule has 0 radical (unpaired) electrons. The predicted molar refractivity (Wildman–Crippen MR) is 78.4 cm³/mol. The molecule has 0 aliphatic carbocycles. The Morgan fingerprint density at radius 1 is 1.53 bits per heavy atom. The largest absolute Gasteiger partial charge is 0.352 e. The van der Waals surface area contributed by atoms with Crippen LogP contribution in [0.25, 0.3) is 0 Å². The van der Waals surface area contributed by atoms with Crippen molar-refractivity contribution in [3.05, 3.63) is 18.5 Å². The summed E-state index contributed by atoms with van der Waals surface area (Å²) in [4.78, 5) is 22.4. The van der Waals surface area contributed by atoms with Gasteiger partial charge in [0, 0.05) is 43.7 Å². The Bertz CT molecular complexity index is 401. The monoisotopic (exact) mass is 280 g/mol. The van der Waals surface area contributed by atoms with E-state index in [4.69, 9.17) is 0 Å². The Hall–Kier alpha value is -1.30. The normalized spacial score (nSPS) is 19.2. The van der Waals surface area contributed by atoms with Crippen LogP contribution in [0.15, 0.2) is 18.5 Å². The number of anilines is 1. The molecule has 1 amide bonds. The fourth-order valence-electron chi connectivity index (χ4n) is 2.23. The molecule has 1 aliphatic rings. The fourth-order valence-corrected chi connectivity index (χ4v) is 2.62. The van der Waals surface area contributed by atoms with Crippen molar-refractivity contribution < 1.29 is 4.79 Å². The zero-order chi connectivity index (χ0) is 13.5. The summed E-state index contributed by atoms with van der Waals surface area (Å²) in [6.45, 7) is 1.76. The molecule has 1 aromatic rings. The molecule has 0 unspecified atom stereocenters. The second-order valence-corrected chi connectivity index (χ2v) is 5.63. The van der Waals surface area contributed by atoms with Crippen LogP contribution in [-0.4, -0.2) is 47.0 Å². The van der Waals surface area contributed by atoms with Crippen molar-refractivity contribution in [3.8, 4) is 0 Å². The third-order valence-electron chi connectivity index (χ3n) is 3.15. The van der Waals surface area contributed by atoms with Crippen molar-refractivity contribution in [2.75, 3.05) is 30.0 Å². The number of hydrogen-bond donors (Lipinski definition) is 1. The molecule has 104 valence electrons. The number of thioether (sulfide) groups is 1. The highest BCUT2D eigenvalue weighted by atomic mass is 32.2. The molecular weight excluding hydrogens is 260 g/mol. The van der Waals surface area contributed by atoms with Crippen LogP contribution >= 0.6 is 11.8 Å². The Kier molecular flexibility index (Phi) is 5.44. The fraction of sp³-hybridized carbons (Fsp3) is 0.615. The van der Waals surface area contributed by atoms with Gasteiger partial charge >= 0.3 is 0 Å². The van der Waals surface area contributed by atoms with Gasteiger partial charge < -0.3 is 10.2 Å². The van der Waals surface area contributed by atoms with E-state index < -0.39 is 0 Å². The van der Waals surface area contributed by atoms with Crippen LogP contribution < -0.4 is 10.2 Å². The average molecular weight is 280 g/mol. The van der Waals surface area contributed by atoms with Gasteiger partial charge in [-0.15, -0.1) is 0 Å². The van der Waals surface area contributed by atoms with Crippen molar-refractivity contribution in [2.24, 2.45) is 0 Å². The topological polar surface area (TPSA) is 58.1 Å². The molecule has 1 aromatic heterocycles. The zero-order valence-corrected chi connectivity index (χ0v) is 12.0. The Morgan fingerprint density at radius 2 is 2.32 bits per heavy atom. The van der Waals surface area contributed by atoms with Gasteiger partial charge in [-0.05, 0) is 25.2 Å². The molecule has 19 heavy (non-hydrogen) atoms. The number of carbonyl (C=O) groups is 1. The predicted octanol–water partition coefficient (Wildman–Crippen LogP) is 1.31. The molecule has 1 saturated heterocycles. The van der Waals surface area contributed by atoms with E-state index in [1.807, 2.05) is 12.3 Å².